The topological polar surface area (TPSA) is 49.2 Å². The molecule has 4 nitrogen and oxygen atoms in total. The van der Waals surface area contributed by atoms with Crippen LogP contribution in [0.3, 0.4) is 0 Å². The number of aromatic nitrogens is 2. The lowest BCUT2D eigenvalue weighted by atomic mass is 10.00. The molecule has 1 aromatic carbocycles. The Labute approximate surface area is 146 Å². The van der Waals surface area contributed by atoms with Crippen molar-refractivity contribution in [3.63, 3.8) is 0 Å². The predicted octanol–water partition coefficient (Wildman–Crippen LogP) is 3.91. The Bertz CT molecular complexity index is 826. The summed E-state index contributed by atoms with van der Waals surface area (Å²) in [6.07, 6.45) is 3.62. The fourth-order valence-corrected chi connectivity index (χ4v) is 4.07. The molecule has 0 atom stereocenters. The van der Waals surface area contributed by atoms with Gasteiger partial charge in [-0.25, -0.2) is 9.97 Å². The van der Waals surface area contributed by atoms with Gasteiger partial charge in [0.05, 0.1) is 12.0 Å². The quantitative estimate of drug-likeness (QED) is 0.738. The van der Waals surface area contributed by atoms with Gasteiger partial charge in [0.25, 0.3) is 0 Å². The molecule has 2 heterocycles. The Hall–Kier alpha value is -1.98. The first-order valence-corrected chi connectivity index (χ1v) is 9.18. The Morgan fingerprint density at radius 1 is 1.08 bits per heavy atom. The number of aryl methyl sites for hydroxylation is 2. The Balaban J connectivity index is 2.23. The fourth-order valence-electron chi connectivity index (χ4n) is 2.97. The van der Waals surface area contributed by atoms with Gasteiger partial charge in [0.2, 0.25) is 0 Å². The molecule has 0 aliphatic heterocycles. The van der Waals surface area contributed by atoms with Crippen LogP contribution in [-0.2, 0) is 12.8 Å². The first-order valence-electron chi connectivity index (χ1n) is 8.37. The van der Waals surface area contributed by atoms with E-state index in [9.17, 15) is 5.11 Å². The zero-order chi connectivity index (χ0) is 17.1. The van der Waals surface area contributed by atoms with E-state index in [0.717, 1.165) is 28.9 Å². The third kappa shape index (κ3) is 3.01. The van der Waals surface area contributed by atoms with Crippen LogP contribution in [0.2, 0.25) is 0 Å². The van der Waals surface area contributed by atoms with Gasteiger partial charge in [-0.05, 0) is 24.0 Å². The summed E-state index contributed by atoms with van der Waals surface area (Å²) in [5.41, 5.74) is 3.79. The van der Waals surface area contributed by atoms with Crippen LogP contribution in [0.1, 0.15) is 24.3 Å². The van der Waals surface area contributed by atoms with E-state index < -0.39 is 0 Å². The van der Waals surface area contributed by atoms with Gasteiger partial charge in [0.1, 0.15) is 17.0 Å². The number of benzene rings is 1. The van der Waals surface area contributed by atoms with Gasteiger partial charge in [-0.15, -0.1) is 11.3 Å². The molecule has 0 spiro atoms. The van der Waals surface area contributed by atoms with E-state index in [1.54, 1.807) is 17.7 Å². The summed E-state index contributed by atoms with van der Waals surface area (Å²) < 4.78 is 0. The van der Waals surface area contributed by atoms with E-state index in [2.05, 4.69) is 48.1 Å². The zero-order valence-electron chi connectivity index (χ0n) is 14.4. The zero-order valence-corrected chi connectivity index (χ0v) is 15.2. The molecule has 0 unspecified atom stereocenters. The van der Waals surface area contributed by atoms with Crippen molar-refractivity contribution >= 4 is 27.4 Å². The van der Waals surface area contributed by atoms with E-state index in [1.807, 2.05) is 11.9 Å². The summed E-state index contributed by atoms with van der Waals surface area (Å²) in [4.78, 5) is 13.3. The number of nitrogens with zero attached hydrogens (tertiary/aromatic N) is 3. The normalized spacial score (nSPS) is 11.2. The molecule has 0 amide bonds. The molecule has 0 aliphatic carbocycles. The standard InChI is InChI=1S/C19H23N3OS/c1-4-13-6-8-14(9-7-13)16-15(5-2)24-19-17(16)18(20-12-21-19)22(3)10-11-23/h6-9,12,23H,4-5,10-11H2,1-3H3. The number of aliphatic hydroxyl groups excluding tert-OH is 1. The molecular weight excluding hydrogens is 318 g/mol. The second kappa shape index (κ2) is 7.28. The average molecular weight is 341 g/mol. The van der Waals surface area contributed by atoms with Gasteiger partial charge in [0, 0.05) is 24.0 Å². The fraction of sp³-hybridized carbons (Fsp3) is 0.368. The van der Waals surface area contributed by atoms with Crippen molar-refractivity contribution in [2.45, 2.75) is 26.7 Å². The minimum atomic E-state index is 0.104. The number of thiophene rings is 1. The summed E-state index contributed by atoms with van der Waals surface area (Å²) in [7, 11) is 1.96. The van der Waals surface area contributed by atoms with Crippen LogP contribution >= 0.6 is 11.3 Å². The van der Waals surface area contributed by atoms with E-state index in [0.29, 0.717) is 6.54 Å². The number of anilines is 1. The number of likely N-dealkylation sites (N-methyl/N-ethyl adjacent to an activating group) is 1. The van der Waals surface area contributed by atoms with Gasteiger partial charge in [-0.1, -0.05) is 38.1 Å². The molecule has 0 radical (unpaired) electrons. The van der Waals surface area contributed by atoms with E-state index >= 15 is 0 Å². The van der Waals surface area contributed by atoms with E-state index in [4.69, 9.17) is 0 Å². The van der Waals surface area contributed by atoms with Crippen molar-refractivity contribution < 1.29 is 5.11 Å². The Morgan fingerprint density at radius 3 is 2.46 bits per heavy atom. The monoisotopic (exact) mass is 341 g/mol. The number of aliphatic hydroxyl groups is 1. The van der Waals surface area contributed by atoms with Crippen LogP contribution in [0.5, 0.6) is 0 Å². The minimum absolute atomic E-state index is 0.104. The molecule has 1 N–H and O–H groups in total. The van der Waals surface area contributed by atoms with Gasteiger partial charge in [0.15, 0.2) is 0 Å². The second-order valence-corrected chi connectivity index (χ2v) is 6.91. The molecule has 3 aromatic rings. The molecule has 24 heavy (non-hydrogen) atoms. The minimum Gasteiger partial charge on any atom is -0.395 e. The third-order valence-corrected chi connectivity index (χ3v) is 5.55. The molecule has 0 saturated carbocycles. The lowest BCUT2D eigenvalue weighted by Gasteiger charge is -2.18. The maximum absolute atomic E-state index is 9.28. The Morgan fingerprint density at radius 2 is 1.83 bits per heavy atom. The molecule has 2 aromatic heterocycles. The first kappa shape index (κ1) is 16.9. The molecule has 0 bridgehead atoms. The summed E-state index contributed by atoms with van der Waals surface area (Å²) in [5.74, 6) is 0.888. The molecule has 126 valence electrons. The van der Waals surface area contributed by atoms with Gasteiger partial charge in [-0.2, -0.15) is 0 Å². The first-order chi connectivity index (χ1) is 11.7. The summed E-state index contributed by atoms with van der Waals surface area (Å²) >= 11 is 1.74. The summed E-state index contributed by atoms with van der Waals surface area (Å²) in [5, 5.41) is 10.4. The van der Waals surface area contributed by atoms with Crippen LogP contribution in [0, 0.1) is 0 Å². The average Bonchev–Trinajstić information content (AvgIpc) is 3.00. The van der Waals surface area contributed by atoms with Crippen molar-refractivity contribution in [1.82, 2.24) is 9.97 Å². The van der Waals surface area contributed by atoms with Crippen LogP contribution in [0.25, 0.3) is 21.3 Å². The van der Waals surface area contributed by atoms with Gasteiger partial charge >= 0.3 is 0 Å². The van der Waals surface area contributed by atoms with Gasteiger partial charge in [-0.3, -0.25) is 0 Å². The van der Waals surface area contributed by atoms with Crippen LogP contribution in [0.15, 0.2) is 30.6 Å². The number of hydrogen-bond donors (Lipinski definition) is 1. The molecule has 0 fully saturated rings. The smallest absolute Gasteiger partial charge is 0.141 e. The number of fused-ring (bicyclic) bond motifs is 1. The largest absolute Gasteiger partial charge is 0.395 e. The third-order valence-electron chi connectivity index (χ3n) is 4.31. The van der Waals surface area contributed by atoms with Crippen molar-refractivity contribution in [1.29, 1.82) is 0 Å². The lowest BCUT2D eigenvalue weighted by molar-refractivity contribution is 0.304. The maximum atomic E-state index is 9.28. The van der Waals surface area contributed by atoms with Crippen LogP contribution in [0.4, 0.5) is 5.82 Å². The van der Waals surface area contributed by atoms with Crippen molar-refractivity contribution in [2.24, 2.45) is 0 Å². The number of rotatable bonds is 6. The SMILES string of the molecule is CCc1ccc(-c2c(CC)sc3ncnc(N(C)CCO)c23)cc1. The maximum Gasteiger partial charge on any atom is 0.141 e. The lowest BCUT2D eigenvalue weighted by Crippen LogP contribution is -2.22. The summed E-state index contributed by atoms with van der Waals surface area (Å²) in [6, 6.07) is 8.78. The number of hydrogen-bond acceptors (Lipinski definition) is 5. The molecule has 5 heteroatoms. The highest BCUT2D eigenvalue weighted by molar-refractivity contribution is 7.19. The van der Waals surface area contributed by atoms with Crippen molar-refractivity contribution in [2.75, 3.05) is 25.1 Å². The van der Waals surface area contributed by atoms with E-state index in [1.165, 1.54) is 21.6 Å². The second-order valence-electron chi connectivity index (χ2n) is 5.83. The molecular formula is C19H23N3OS. The van der Waals surface area contributed by atoms with Gasteiger partial charge < -0.3 is 10.0 Å². The molecule has 0 saturated heterocycles. The predicted molar refractivity (Wildman–Crippen MR) is 102 cm³/mol. The van der Waals surface area contributed by atoms with Crippen LogP contribution in [-0.4, -0.2) is 35.3 Å². The van der Waals surface area contributed by atoms with Crippen molar-refractivity contribution in [3.8, 4) is 11.1 Å². The highest BCUT2D eigenvalue weighted by Crippen LogP contribution is 2.41. The van der Waals surface area contributed by atoms with Crippen LogP contribution < -0.4 is 4.90 Å². The highest BCUT2D eigenvalue weighted by Gasteiger charge is 2.19. The van der Waals surface area contributed by atoms with Crippen molar-refractivity contribution in [3.05, 3.63) is 41.0 Å². The molecule has 0 aliphatic rings. The highest BCUT2D eigenvalue weighted by atomic mass is 32.1. The Kier molecular flexibility index (Phi) is 5.11. The van der Waals surface area contributed by atoms with E-state index in [-0.39, 0.29) is 6.61 Å². The molecule has 3 rings (SSSR count). The summed E-state index contributed by atoms with van der Waals surface area (Å²) in [6.45, 7) is 5.01.